The number of aliphatic hydroxyl groups is 1. The number of esters is 1. The van der Waals surface area contributed by atoms with Crippen LogP contribution in [0.4, 0.5) is 0 Å². The summed E-state index contributed by atoms with van der Waals surface area (Å²) in [5.41, 5.74) is -1.21. The van der Waals surface area contributed by atoms with Crippen molar-refractivity contribution >= 4 is 17.8 Å². The first-order valence-corrected chi connectivity index (χ1v) is 10.3. The zero-order chi connectivity index (χ0) is 20.8. The minimum absolute atomic E-state index is 0.0453. The smallest absolute Gasteiger partial charge is 0.312 e. The minimum atomic E-state index is -1.21. The van der Waals surface area contributed by atoms with Crippen LogP contribution >= 0.6 is 0 Å². The number of fused-ring (bicyclic) bond motifs is 2. The van der Waals surface area contributed by atoms with E-state index in [2.05, 4.69) is 0 Å². The fraction of sp³-hybridized carbons (Fsp3) is 0.667. The number of rotatable bonds is 4. The first-order chi connectivity index (χ1) is 13.9. The molecule has 0 aromatic rings. The first kappa shape index (κ1) is 20.1. The molecule has 158 valence electrons. The van der Waals surface area contributed by atoms with E-state index in [1.165, 1.54) is 4.90 Å². The third-order valence-corrected chi connectivity index (χ3v) is 6.33. The first-order valence-electron chi connectivity index (χ1n) is 10.3. The van der Waals surface area contributed by atoms with E-state index in [9.17, 15) is 19.5 Å². The lowest BCUT2D eigenvalue weighted by atomic mass is 9.77. The standard InChI is InChI=1S/C21H28N2O6/c1-13(2)22-9-5-8-21-16(15-14(29-21)7-3-4-12-28-20(15)27)18(25)23(10-6-11-24)17(21)19(22)26/h3,5,7-8,13-17,24H,4,6,9-12H2,1-2H3/t14-,15+,16-,17?,21-/m0/s1. The SMILES string of the molecule is CC(C)N1CC=C[C@]23O[C@H]4C=CCCOC(=O)[C@H]4[C@H]2C(=O)N(CCCO)C3C1=O. The molecule has 2 saturated heterocycles. The van der Waals surface area contributed by atoms with Gasteiger partial charge in [-0.1, -0.05) is 24.3 Å². The molecule has 8 nitrogen and oxygen atoms in total. The molecule has 29 heavy (non-hydrogen) atoms. The van der Waals surface area contributed by atoms with E-state index < -0.39 is 35.6 Å². The second kappa shape index (κ2) is 7.57. The number of aliphatic hydroxyl groups excluding tert-OH is 1. The Morgan fingerprint density at radius 2 is 2.03 bits per heavy atom. The Labute approximate surface area is 170 Å². The molecule has 0 aromatic heterocycles. The lowest BCUT2D eigenvalue weighted by molar-refractivity contribution is -0.155. The van der Waals surface area contributed by atoms with Gasteiger partial charge < -0.3 is 24.4 Å². The lowest BCUT2D eigenvalue weighted by Crippen LogP contribution is -2.56. The molecule has 0 radical (unpaired) electrons. The maximum absolute atomic E-state index is 13.6. The molecule has 4 aliphatic heterocycles. The van der Waals surface area contributed by atoms with Gasteiger partial charge in [-0.15, -0.1) is 0 Å². The van der Waals surface area contributed by atoms with Crippen LogP contribution < -0.4 is 0 Å². The van der Waals surface area contributed by atoms with Gasteiger partial charge in [0.1, 0.15) is 17.6 Å². The molecule has 4 heterocycles. The maximum Gasteiger partial charge on any atom is 0.312 e. The van der Waals surface area contributed by atoms with E-state index in [0.29, 0.717) is 19.4 Å². The van der Waals surface area contributed by atoms with Gasteiger partial charge in [-0.25, -0.2) is 0 Å². The van der Waals surface area contributed by atoms with Crippen LogP contribution in [0.15, 0.2) is 24.3 Å². The van der Waals surface area contributed by atoms with Gasteiger partial charge in [0, 0.05) is 25.7 Å². The molecule has 0 bridgehead atoms. The van der Waals surface area contributed by atoms with Crippen LogP contribution in [0.5, 0.6) is 0 Å². The van der Waals surface area contributed by atoms with Crippen LogP contribution in [0.25, 0.3) is 0 Å². The van der Waals surface area contributed by atoms with Gasteiger partial charge in [-0.3, -0.25) is 14.4 Å². The van der Waals surface area contributed by atoms with Gasteiger partial charge in [0.15, 0.2) is 0 Å². The van der Waals surface area contributed by atoms with Crippen molar-refractivity contribution in [1.82, 2.24) is 9.80 Å². The quantitative estimate of drug-likeness (QED) is 0.533. The normalized spacial score (nSPS) is 36.5. The van der Waals surface area contributed by atoms with Crippen LogP contribution in [0, 0.1) is 11.8 Å². The van der Waals surface area contributed by atoms with Crippen LogP contribution in [-0.2, 0) is 23.9 Å². The highest BCUT2D eigenvalue weighted by Crippen LogP contribution is 2.53. The van der Waals surface area contributed by atoms with Crippen LogP contribution in [0.3, 0.4) is 0 Å². The van der Waals surface area contributed by atoms with Crippen molar-refractivity contribution < 1.29 is 29.0 Å². The van der Waals surface area contributed by atoms with Gasteiger partial charge in [-0.05, 0) is 26.7 Å². The number of carbonyl (C=O) groups excluding carboxylic acids is 3. The monoisotopic (exact) mass is 404 g/mol. The summed E-state index contributed by atoms with van der Waals surface area (Å²) in [5, 5.41) is 9.31. The Kier molecular flexibility index (Phi) is 5.25. The van der Waals surface area contributed by atoms with Crippen molar-refractivity contribution in [2.24, 2.45) is 11.8 Å². The highest BCUT2D eigenvalue weighted by atomic mass is 16.6. The average molecular weight is 404 g/mol. The molecule has 2 fully saturated rings. The van der Waals surface area contributed by atoms with Crippen LogP contribution in [0.1, 0.15) is 26.7 Å². The van der Waals surface area contributed by atoms with Gasteiger partial charge in [0.2, 0.25) is 11.8 Å². The lowest BCUT2D eigenvalue weighted by Gasteiger charge is -2.36. The Balaban J connectivity index is 1.82. The number of carbonyl (C=O) groups is 3. The van der Waals surface area contributed by atoms with E-state index in [0.717, 1.165) is 0 Å². The van der Waals surface area contributed by atoms with Crippen molar-refractivity contribution in [3.8, 4) is 0 Å². The fourth-order valence-corrected chi connectivity index (χ4v) is 5.07. The van der Waals surface area contributed by atoms with Gasteiger partial charge >= 0.3 is 5.97 Å². The van der Waals surface area contributed by atoms with Crippen molar-refractivity contribution in [3.05, 3.63) is 24.3 Å². The fourth-order valence-electron chi connectivity index (χ4n) is 5.07. The molecular weight excluding hydrogens is 376 g/mol. The molecule has 4 aliphatic rings. The summed E-state index contributed by atoms with van der Waals surface area (Å²) in [5.74, 6) is -2.54. The average Bonchev–Trinajstić information content (AvgIpc) is 3.04. The van der Waals surface area contributed by atoms with Crippen molar-refractivity contribution in [1.29, 1.82) is 0 Å². The van der Waals surface area contributed by atoms with Crippen molar-refractivity contribution in [2.75, 3.05) is 26.3 Å². The van der Waals surface area contributed by atoms with Gasteiger partial charge in [0.25, 0.3) is 0 Å². The summed E-state index contributed by atoms with van der Waals surface area (Å²) in [7, 11) is 0. The summed E-state index contributed by atoms with van der Waals surface area (Å²) in [6, 6.07) is -0.904. The molecule has 0 aliphatic carbocycles. The zero-order valence-electron chi connectivity index (χ0n) is 16.8. The summed E-state index contributed by atoms with van der Waals surface area (Å²) in [6.45, 7) is 4.68. The number of likely N-dealkylation sites (tertiary alicyclic amines) is 1. The predicted octanol–water partition coefficient (Wildman–Crippen LogP) is 0.260. The summed E-state index contributed by atoms with van der Waals surface area (Å²) in [6.07, 6.45) is 7.72. The Hall–Kier alpha value is -2.19. The number of ether oxygens (including phenoxy) is 2. The minimum Gasteiger partial charge on any atom is -0.465 e. The third-order valence-electron chi connectivity index (χ3n) is 6.33. The highest BCUT2D eigenvalue weighted by Gasteiger charge is 2.71. The molecule has 1 N–H and O–H groups in total. The summed E-state index contributed by atoms with van der Waals surface area (Å²) >= 11 is 0. The molecule has 8 heteroatoms. The van der Waals surface area contributed by atoms with Crippen LogP contribution in [-0.4, -0.2) is 82.8 Å². The van der Waals surface area contributed by atoms with E-state index in [1.807, 2.05) is 38.2 Å². The molecule has 4 rings (SSSR count). The number of nitrogens with zero attached hydrogens (tertiary/aromatic N) is 2. The largest absolute Gasteiger partial charge is 0.465 e. The number of hydrogen-bond donors (Lipinski definition) is 1. The Morgan fingerprint density at radius 3 is 2.76 bits per heavy atom. The number of hydrogen-bond acceptors (Lipinski definition) is 6. The van der Waals surface area contributed by atoms with E-state index >= 15 is 0 Å². The second-order valence-corrected chi connectivity index (χ2v) is 8.32. The predicted molar refractivity (Wildman–Crippen MR) is 102 cm³/mol. The molecule has 1 unspecified atom stereocenters. The van der Waals surface area contributed by atoms with Crippen molar-refractivity contribution in [2.45, 2.75) is 50.5 Å². The molecule has 2 amide bonds. The summed E-state index contributed by atoms with van der Waals surface area (Å²) < 4.78 is 11.8. The third kappa shape index (κ3) is 3.00. The number of amides is 2. The van der Waals surface area contributed by atoms with E-state index in [-0.39, 0.29) is 37.6 Å². The Bertz CT molecular complexity index is 762. The van der Waals surface area contributed by atoms with Crippen molar-refractivity contribution in [3.63, 3.8) is 0 Å². The Morgan fingerprint density at radius 1 is 1.24 bits per heavy atom. The number of cyclic esters (lactones) is 1. The molecule has 1 spiro atoms. The van der Waals surface area contributed by atoms with E-state index in [4.69, 9.17) is 9.47 Å². The van der Waals surface area contributed by atoms with Crippen LogP contribution in [0.2, 0.25) is 0 Å². The topological polar surface area (TPSA) is 96.4 Å². The van der Waals surface area contributed by atoms with Gasteiger partial charge in [0.05, 0.1) is 18.6 Å². The highest BCUT2D eigenvalue weighted by molar-refractivity contribution is 5.99. The summed E-state index contributed by atoms with van der Waals surface area (Å²) in [4.78, 5) is 43.1. The van der Waals surface area contributed by atoms with Gasteiger partial charge in [-0.2, -0.15) is 0 Å². The molecular formula is C21H28N2O6. The molecule has 0 saturated carbocycles. The second-order valence-electron chi connectivity index (χ2n) is 8.32. The maximum atomic E-state index is 13.6. The molecule has 5 atom stereocenters. The van der Waals surface area contributed by atoms with E-state index in [1.54, 1.807) is 4.90 Å². The molecule has 0 aromatic carbocycles. The zero-order valence-corrected chi connectivity index (χ0v) is 16.8.